The molecule has 1 unspecified atom stereocenters. The first kappa shape index (κ1) is 10.8. The highest BCUT2D eigenvalue weighted by molar-refractivity contribution is 7.80. The van der Waals surface area contributed by atoms with E-state index >= 15 is 0 Å². The summed E-state index contributed by atoms with van der Waals surface area (Å²) in [5.41, 5.74) is 0. The van der Waals surface area contributed by atoms with Gasteiger partial charge in [0.25, 0.3) is 0 Å². The second-order valence-corrected chi connectivity index (χ2v) is 4.05. The van der Waals surface area contributed by atoms with Crippen LogP contribution >= 0.6 is 12.2 Å². The maximum Gasteiger partial charge on any atom is 0.168 e. The monoisotopic (exact) mass is 200 g/mol. The number of rotatable bonds is 1. The third-order valence-electron chi connectivity index (χ3n) is 2.82. The number of thiocarbonyl (C=S) groups is 1. The van der Waals surface area contributed by atoms with Crippen molar-refractivity contribution in [1.82, 2.24) is 10.2 Å². The van der Waals surface area contributed by atoms with Gasteiger partial charge in [-0.15, -0.1) is 0 Å². The van der Waals surface area contributed by atoms with Crippen LogP contribution in [-0.4, -0.2) is 29.6 Å². The summed E-state index contributed by atoms with van der Waals surface area (Å²) in [5.74, 6) is 0. The highest BCUT2D eigenvalue weighted by Gasteiger charge is 2.20. The fourth-order valence-electron chi connectivity index (χ4n) is 2.01. The fraction of sp³-hybridized carbons (Fsp3) is 0.900. The lowest BCUT2D eigenvalue weighted by Crippen LogP contribution is -2.44. The lowest BCUT2D eigenvalue weighted by Gasteiger charge is -2.31. The van der Waals surface area contributed by atoms with E-state index in [9.17, 15) is 0 Å². The Morgan fingerprint density at radius 1 is 1.46 bits per heavy atom. The molecule has 13 heavy (non-hydrogen) atoms. The topological polar surface area (TPSA) is 15.3 Å². The van der Waals surface area contributed by atoms with Gasteiger partial charge in [-0.2, -0.15) is 0 Å². The number of likely N-dealkylation sites (tertiary alicyclic amines) is 1. The summed E-state index contributed by atoms with van der Waals surface area (Å²) in [6.07, 6.45) is 6.53. The van der Waals surface area contributed by atoms with Gasteiger partial charge in [-0.1, -0.05) is 19.8 Å². The molecule has 1 atom stereocenters. The van der Waals surface area contributed by atoms with Gasteiger partial charge >= 0.3 is 0 Å². The smallest absolute Gasteiger partial charge is 0.168 e. The molecule has 0 radical (unpaired) electrons. The van der Waals surface area contributed by atoms with Crippen molar-refractivity contribution in [3.8, 4) is 0 Å². The molecule has 0 aliphatic carbocycles. The first-order chi connectivity index (χ1) is 6.29. The predicted octanol–water partition coefficient (Wildman–Crippen LogP) is 2.15. The first-order valence-electron chi connectivity index (χ1n) is 5.28. The number of nitrogens with one attached hydrogen (secondary N) is 1. The van der Waals surface area contributed by atoms with Gasteiger partial charge in [0.1, 0.15) is 0 Å². The van der Waals surface area contributed by atoms with Gasteiger partial charge in [0.15, 0.2) is 5.11 Å². The largest absolute Gasteiger partial charge is 0.366 e. The third kappa shape index (κ3) is 2.83. The Labute approximate surface area is 86.7 Å². The van der Waals surface area contributed by atoms with Gasteiger partial charge in [-0.3, -0.25) is 0 Å². The molecule has 1 heterocycles. The molecule has 0 saturated carbocycles. The van der Waals surface area contributed by atoms with Crippen LogP contribution in [0, 0.1) is 0 Å². The molecule has 2 nitrogen and oxygen atoms in total. The zero-order chi connectivity index (χ0) is 9.68. The number of hydrogen-bond donors (Lipinski definition) is 1. The first-order valence-corrected chi connectivity index (χ1v) is 5.68. The highest BCUT2D eigenvalue weighted by Crippen LogP contribution is 2.18. The van der Waals surface area contributed by atoms with Crippen molar-refractivity contribution >= 4 is 17.3 Å². The second kappa shape index (κ2) is 5.43. The average molecular weight is 200 g/mol. The van der Waals surface area contributed by atoms with Crippen molar-refractivity contribution in [3.63, 3.8) is 0 Å². The molecule has 1 aliphatic heterocycles. The lowest BCUT2D eigenvalue weighted by atomic mass is 10.1. The molecule has 1 N–H and O–H groups in total. The summed E-state index contributed by atoms with van der Waals surface area (Å²) in [4.78, 5) is 2.36. The fourth-order valence-corrected chi connectivity index (χ4v) is 2.25. The Kier molecular flexibility index (Phi) is 4.50. The van der Waals surface area contributed by atoms with E-state index in [0.717, 1.165) is 11.7 Å². The minimum Gasteiger partial charge on any atom is -0.366 e. The van der Waals surface area contributed by atoms with Crippen LogP contribution in [0.2, 0.25) is 0 Å². The molecule has 0 aromatic heterocycles. The van der Waals surface area contributed by atoms with Crippen LogP contribution in [0.25, 0.3) is 0 Å². The predicted molar refractivity (Wildman–Crippen MR) is 60.9 cm³/mol. The summed E-state index contributed by atoms with van der Waals surface area (Å²) >= 11 is 5.29. The molecular weight excluding hydrogens is 180 g/mol. The Morgan fingerprint density at radius 2 is 2.23 bits per heavy atom. The maximum absolute atomic E-state index is 5.29. The van der Waals surface area contributed by atoms with E-state index in [2.05, 4.69) is 17.1 Å². The van der Waals surface area contributed by atoms with Crippen molar-refractivity contribution in [3.05, 3.63) is 0 Å². The molecule has 3 heteroatoms. The summed E-state index contributed by atoms with van der Waals surface area (Å²) in [5, 5.41) is 4.01. The summed E-state index contributed by atoms with van der Waals surface area (Å²) in [6.45, 7) is 3.39. The van der Waals surface area contributed by atoms with Crippen LogP contribution in [-0.2, 0) is 0 Å². The standard InChI is InChI=1S/C10H20N2S/c1-3-9-7-5-4-6-8-12(9)10(13)11-2/h9H,3-8H2,1-2H3,(H,11,13). The normalized spacial score (nSPS) is 23.8. The Hall–Kier alpha value is -0.310. The number of hydrogen-bond acceptors (Lipinski definition) is 1. The molecule has 1 fully saturated rings. The van der Waals surface area contributed by atoms with E-state index in [1.54, 1.807) is 0 Å². The molecule has 1 saturated heterocycles. The van der Waals surface area contributed by atoms with E-state index in [0.29, 0.717) is 6.04 Å². The lowest BCUT2D eigenvalue weighted by molar-refractivity contribution is 0.305. The zero-order valence-electron chi connectivity index (χ0n) is 8.68. The molecule has 0 aromatic rings. The van der Waals surface area contributed by atoms with Crippen molar-refractivity contribution in [2.45, 2.75) is 45.1 Å². The van der Waals surface area contributed by atoms with E-state index in [1.165, 1.54) is 32.1 Å². The van der Waals surface area contributed by atoms with Gasteiger partial charge in [0.2, 0.25) is 0 Å². The van der Waals surface area contributed by atoms with Gasteiger partial charge in [0.05, 0.1) is 0 Å². The van der Waals surface area contributed by atoms with Crippen LogP contribution in [0.3, 0.4) is 0 Å². The van der Waals surface area contributed by atoms with Crippen molar-refractivity contribution in [2.24, 2.45) is 0 Å². The van der Waals surface area contributed by atoms with Gasteiger partial charge < -0.3 is 10.2 Å². The Bertz CT molecular complexity index is 170. The average Bonchev–Trinajstić information content (AvgIpc) is 2.41. The van der Waals surface area contributed by atoms with Crippen LogP contribution in [0.15, 0.2) is 0 Å². The van der Waals surface area contributed by atoms with E-state index in [-0.39, 0.29) is 0 Å². The third-order valence-corrected chi connectivity index (χ3v) is 3.26. The van der Waals surface area contributed by atoms with Crippen LogP contribution < -0.4 is 5.32 Å². The van der Waals surface area contributed by atoms with Crippen LogP contribution in [0.5, 0.6) is 0 Å². The molecule has 1 aliphatic rings. The van der Waals surface area contributed by atoms with Gasteiger partial charge in [-0.25, -0.2) is 0 Å². The molecule has 0 amide bonds. The molecule has 0 spiro atoms. The van der Waals surface area contributed by atoms with Crippen molar-refractivity contribution in [1.29, 1.82) is 0 Å². The van der Waals surface area contributed by atoms with E-state index in [1.807, 2.05) is 7.05 Å². The zero-order valence-corrected chi connectivity index (χ0v) is 9.49. The van der Waals surface area contributed by atoms with Gasteiger partial charge in [0, 0.05) is 19.6 Å². The van der Waals surface area contributed by atoms with Crippen LogP contribution in [0.1, 0.15) is 39.0 Å². The van der Waals surface area contributed by atoms with E-state index < -0.39 is 0 Å². The molecule has 0 bridgehead atoms. The summed E-state index contributed by atoms with van der Waals surface area (Å²) < 4.78 is 0. The Morgan fingerprint density at radius 3 is 2.85 bits per heavy atom. The minimum atomic E-state index is 0.669. The Balaban J connectivity index is 2.58. The van der Waals surface area contributed by atoms with Gasteiger partial charge in [-0.05, 0) is 31.5 Å². The molecular formula is C10H20N2S. The highest BCUT2D eigenvalue weighted by atomic mass is 32.1. The quantitative estimate of drug-likeness (QED) is 0.653. The second-order valence-electron chi connectivity index (χ2n) is 3.66. The maximum atomic E-state index is 5.29. The van der Waals surface area contributed by atoms with Crippen LogP contribution in [0.4, 0.5) is 0 Å². The molecule has 0 aromatic carbocycles. The van der Waals surface area contributed by atoms with Crippen molar-refractivity contribution in [2.75, 3.05) is 13.6 Å². The SMILES string of the molecule is CCC1CCCCCN1C(=S)NC. The van der Waals surface area contributed by atoms with Crippen molar-refractivity contribution < 1.29 is 0 Å². The minimum absolute atomic E-state index is 0.669. The number of nitrogens with zero attached hydrogens (tertiary/aromatic N) is 1. The molecule has 76 valence electrons. The molecule has 1 rings (SSSR count). The summed E-state index contributed by atoms with van der Waals surface area (Å²) in [6, 6.07) is 0.669. The summed E-state index contributed by atoms with van der Waals surface area (Å²) in [7, 11) is 1.92. The van der Waals surface area contributed by atoms with E-state index in [4.69, 9.17) is 12.2 Å².